The highest BCUT2D eigenvalue weighted by Gasteiger charge is 2.50. The molecule has 1 aliphatic heterocycles. The molecule has 2 aliphatic rings. The van der Waals surface area contributed by atoms with Crippen LogP contribution >= 0.6 is 11.6 Å². The summed E-state index contributed by atoms with van der Waals surface area (Å²) in [6.07, 6.45) is -0.450. The summed E-state index contributed by atoms with van der Waals surface area (Å²) in [4.78, 5) is 25.8. The molecule has 0 bridgehead atoms. The fourth-order valence-electron chi connectivity index (χ4n) is 4.28. The SMILES string of the molecule is C[C@H]([C@H](C(=O)Nc1cc(C[C@H](C)C(=O)O)ccc1Cl)N1CCC2(CC1)CC2)C(F)(F)F. The molecule has 1 saturated heterocycles. The maximum absolute atomic E-state index is 13.6. The van der Waals surface area contributed by atoms with E-state index in [0.717, 1.165) is 32.6 Å². The van der Waals surface area contributed by atoms with Gasteiger partial charge in [0.15, 0.2) is 0 Å². The number of likely N-dealkylation sites (tertiary alicyclic amines) is 1. The number of hydrogen-bond acceptors (Lipinski definition) is 3. The number of halogens is 4. The molecule has 3 rings (SSSR count). The number of hydrogen-bond donors (Lipinski definition) is 2. The number of carboxylic acid groups (broad SMARTS) is 1. The number of carboxylic acids is 1. The lowest BCUT2D eigenvalue weighted by Crippen LogP contribution is -2.54. The zero-order valence-electron chi connectivity index (χ0n) is 17.6. The van der Waals surface area contributed by atoms with Crippen LogP contribution in [0.15, 0.2) is 18.2 Å². The molecule has 9 heteroatoms. The van der Waals surface area contributed by atoms with Crippen LogP contribution < -0.4 is 5.32 Å². The minimum atomic E-state index is -4.51. The van der Waals surface area contributed by atoms with Crippen molar-refractivity contribution in [1.82, 2.24) is 4.90 Å². The van der Waals surface area contributed by atoms with Gasteiger partial charge in [0.2, 0.25) is 5.91 Å². The molecule has 1 aliphatic carbocycles. The van der Waals surface area contributed by atoms with Crippen LogP contribution in [0.2, 0.25) is 5.02 Å². The Kier molecular flexibility index (Phi) is 6.91. The maximum Gasteiger partial charge on any atom is 0.393 e. The molecule has 1 aromatic rings. The molecule has 0 radical (unpaired) electrons. The third-order valence-corrected chi connectivity index (χ3v) is 7.05. The quantitative estimate of drug-likeness (QED) is 0.601. The highest BCUT2D eigenvalue weighted by atomic mass is 35.5. The van der Waals surface area contributed by atoms with Crippen molar-refractivity contribution in [3.05, 3.63) is 28.8 Å². The van der Waals surface area contributed by atoms with E-state index in [1.165, 1.54) is 12.1 Å². The normalized spacial score (nSPS) is 21.4. The van der Waals surface area contributed by atoms with Gasteiger partial charge in [-0.25, -0.2) is 0 Å². The van der Waals surface area contributed by atoms with Crippen LogP contribution in [0.1, 0.15) is 45.1 Å². The average Bonchev–Trinajstić information content (AvgIpc) is 3.44. The van der Waals surface area contributed by atoms with Gasteiger partial charge in [-0.3, -0.25) is 14.5 Å². The number of nitrogens with one attached hydrogen (secondary N) is 1. The van der Waals surface area contributed by atoms with E-state index in [4.69, 9.17) is 16.7 Å². The molecular formula is C22H28ClF3N2O3. The molecular weight excluding hydrogens is 433 g/mol. The van der Waals surface area contributed by atoms with Gasteiger partial charge in [-0.05, 0) is 68.3 Å². The Balaban J connectivity index is 1.79. The van der Waals surface area contributed by atoms with Crippen LogP contribution in [-0.4, -0.2) is 47.2 Å². The number of benzene rings is 1. The molecule has 31 heavy (non-hydrogen) atoms. The van der Waals surface area contributed by atoms with Crippen molar-refractivity contribution in [2.45, 2.75) is 58.2 Å². The van der Waals surface area contributed by atoms with Gasteiger partial charge in [-0.1, -0.05) is 31.5 Å². The number of anilines is 1. The van der Waals surface area contributed by atoms with Crippen molar-refractivity contribution >= 4 is 29.2 Å². The molecule has 0 aromatic heterocycles. The van der Waals surface area contributed by atoms with Crippen LogP contribution in [0.3, 0.4) is 0 Å². The summed E-state index contributed by atoms with van der Waals surface area (Å²) in [5.41, 5.74) is 1.10. The van der Waals surface area contributed by atoms with Gasteiger partial charge in [0, 0.05) is 0 Å². The van der Waals surface area contributed by atoms with E-state index in [9.17, 15) is 22.8 Å². The zero-order valence-corrected chi connectivity index (χ0v) is 18.4. The lowest BCUT2D eigenvalue weighted by molar-refractivity contribution is -0.189. The molecule has 2 N–H and O–H groups in total. The van der Waals surface area contributed by atoms with Gasteiger partial charge in [0.05, 0.1) is 22.5 Å². The number of aliphatic carboxylic acids is 1. The number of carbonyl (C=O) groups is 2. The number of nitrogens with zero attached hydrogens (tertiary/aromatic N) is 1. The third-order valence-electron chi connectivity index (χ3n) is 6.72. The summed E-state index contributed by atoms with van der Waals surface area (Å²) in [6, 6.07) is 3.34. The van der Waals surface area contributed by atoms with Gasteiger partial charge >= 0.3 is 12.1 Å². The molecule has 1 saturated carbocycles. The minimum Gasteiger partial charge on any atom is -0.481 e. The van der Waals surface area contributed by atoms with Crippen molar-refractivity contribution in [3.8, 4) is 0 Å². The molecule has 1 aromatic carbocycles. The minimum absolute atomic E-state index is 0.189. The van der Waals surface area contributed by atoms with Gasteiger partial charge in [-0.15, -0.1) is 0 Å². The van der Waals surface area contributed by atoms with Crippen LogP contribution in [-0.2, 0) is 16.0 Å². The Hall–Kier alpha value is -1.80. The Morgan fingerprint density at radius 3 is 2.32 bits per heavy atom. The highest BCUT2D eigenvalue weighted by Crippen LogP contribution is 2.54. The number of alkyl halides is 3. The lowest BCUT2D eigenvalue weighted by atomic mass is 9.90. The second-order valence-corrected chi connectivity index (χ2v) is 9.47. The number of amides is 1. The van der Waals surface area contributed by atoms with E-state index < -0.39 is 35.9 Å². The van der Waals surface area contributed by atoms with Crippen LogP contribution in [0.4, 0.5) is 18.9 Å². The van der Waals surface area contributed by atoms with Crippen LogP contribution in [0.25, 0.3) is 0 Å². The summed E-state index contributed by atoms with van der Waals surface area (Å²) >= 11 is 6.18. The van der Waals surface area contributed by atoms with Crippen molar-refractivity contribution in [2.75, 3.05) is 18.4 Å². The second kappa shape index (κ2) is 8.98. The smallest absolute Gasteiger partial charge is 0.393 e. The summed E-state index contributed by atoms with van der Waals surface area (Å²) in [5.74, 6) is -4.19. The first-order chi connectivity index (χ1) is 14.4. The molecule has 2 fully saturated rings. The predicted octanol–water partition coefficient (Wildman–Crippen LogP) is 4.98. The standard InChI is InChI=1S/C22H28ClF3N2O3/c1-13(20(30)31)11-15-3-4-16(23)17(12-15)27-19(29)18(14(2)22(24,25)26)28-9-7-21(5-6-21)8-10-28/h3-4,12-14,18H,5-11H2,1-2H3,(H,27,29)(H,30,31)/t13-,14+,18+/m0/s1. The van der Waals surface area contributed by atoms with Crippen LogP contribution in [0.5, 0.6) is 0 Å². The Labute approximate surface area is 184 Å². The molecule has 5 nitrogen and oxygen atoms in total. The van der Waals surface area contributed by atoms with E-state index in [1.54, 1.807) is 17.9 Å². The number of carbonyl (C=O) groups excluding carboxylic acids is 1. The Morgan fingerprint density at radius 2 is 1.81 bits per heavy atom. The van der Waals surface area contributed by atoms with Crippen LogP contribution in [0, 0.1) is 17.3 Å². The maximum atomic E-state index is 13.6. The Morgan fingerprint density at radius 1 is 1.19 bits per heavy atom. The van der Waals surface area contributed by atoms with E-state index in [0.29, 0.717) is 18.7 Å². The molecule has 172 valence electrons. The average molecular weight is 461 g/mol. The van der Waals surface area contributed by atoms with E-state index >= 15 is 0 Å². The van der Waals surface area contributed by atoms with Gasteiger partial charge in [-0.2, -0.15) is 13.2 Å². The summed E-state index contributed by atoms with van der Waals surface area (Å²) in [7, 11) is 0. The Bertz CT molecular complexity index is 832. The van der Waals surface area contributed by atoms with E-state index in [-0.39, 0.29) is 22.5 Å². The molecule has 1 spiro atoms. The first kappa shape index (κ1) is 23.9. The zero-order chi connectivity index (χ0) is 23.0. The molecule has 1 heterocycles. The molecule has 0 unspecified atom stereocenters. The fraction of sp³-hybridized carbons (Fsp3) is 0.636. The highest BCUT2D eigenvalue weighted by molar-refractivity contribution is 6.33. The van der Waals surface area contributed by atoms with Gasteiger partial charge < -0.3 is 10.4 Å². The van der Waals surface area contributed by atoms with E-state index in [1.807, 2.05) is 0 Å². The number of rotatable bonds is 7. The van der Waals surface area contributed by atoms with Gasteiger partial charge in [0.1, 0.15) is 6.04 Å². The fourth-order valence-corrected chi connectivity index (χ4v) is 4.45. The number of piperidine rings is 1. The third kappa shape index (κ3) is 5.71. The summed E-state index contributed by atoms with van der Waals surface area (Å²) in [5, 5.41) is 11.9. The van der Waals surface area contributed by atoms with Crippen molar-refractivity contribution in [3.63, 3.8) is 0 Å². The van der Waals surface area contributed by atoms with Gasteiger partial charge in [0.25, 0.3) is 0 Å². The van der Waals surface area contributed by atoms with Crippen molar-refractivity contribution in [1.29, 1.82) is 0 Å². The van der Waals surface area contributed by atoms with Crippen molar-refractivity contribution in [2.24, 2.45) is 17.3 Å². The first-order valence-corrected chi connectivity index (χ1v) is 10.9. The monoisotopic (exact) mass is 460 g/mol. The summed E-state index contributed by atoms with van der Waals surface area (Å²) < 4.78 is 40.8. The first-order valence-electron chi connectivity index (χ1n) is 10.5. The van der Waals surface area contributed by atoms with E-state index in [2.05, 4.69) is 5.32 Å². The molecule has 1 amide bonds. The van der Waals surface area contributed by atoms with Crippen molar-refractivity contribution < 1.29 is 27.9 Å². The predicted molar refractivity (Wildman–Crippen MR) is 112 cm³/mol. The lowest BCUT2D eigenvalue weighted by Gasteiger charge is -2.40. The topological polar surface area (TPSA) is 69.6 Å². The molecule has 3 atom stereocenters. The summed E-state index contributed by atoms with van der Waals surface area (Å²) in [6.45, 7) is 3.52. The second-order valence-electron chi connectivity index (χ2n) is 9.06. The largest absolute Gasteiger partial charge is 0.481 e.